The lowest BCUT2D eigenvalue weighted by atomic mass is 10.1. The smallest absolute Gasteiger partial charge is 0.227 e. The maximum Gasteiger partial charge on any atom is 0.227 e. The predicted octanol–water partition coefficient (Wildman–Crippen LogP) is 2.15. The summed E-state index contributed by atoms with van der Waals surface area (Å²) in [6.45, 7) is 0.359. The van der Waals surface area contributed by atoms with Crippen molar-refractivity contribution in [3.05, 3.63) is 60.4 Å². The molecule has 0 radical (unpaired) electrons. The van der Waals surface area contributed by atoms with Gasteiger partial charge in [0.05, 0.1) is 0 Å². The quantitative estimate of drug-likeness (QED) is 0.487. The fraction of sp³-hybridized carbons (Fsp3) is 0.0769. The van der Waals surface area contributed by atoms with E-state index in [0.717, 1.165) is 10.5 Å². The second-order valence-corrected chi connectivity index (χ2v) is 4.03. The Kier molecular flexibility index (Phi) is 3.37. The molecule has 0 amide bonds. The molecule has 2 aromatic rings. The van der Waals surface area contributed by atoms with Crippen molar-refractivity contribution < 1.29 is 9.36 Å². The van der Waals surface area contributed by atoms with Crippen molar-refractivity contribution in [1.29, 1.82) is 0 Å². The number of Topliss-reactive ketones (excluding diaryl/α,β-unsaturated/α-hetero) is 1. The van der Waals surface area contributed by atoms with Gasteiger partial charge in [0, 0.05) is 22.6 Å². The number of pyridine rings is 1. The van der Waals surface area contributed by atoms with Crippen LogP contribution in [-0.4, -0.2) is 5.78 Å². The van der Waals surface area contributed by atoms with Gasteiger partial charge in [-0.25, -0.2) is 0 Å². The number of hydrogen-bond donors (Lipinski definition) is 1. The van der Waals surface area contributed by atoms with Gasteiger partial charge in [-0.3, -0.25) is 4.79 Å². The van der Waals surface area contributed by atoms with E-state index in [-0.39, 0.29) is 5.78 Å². The molecule has 3 heteroatoms. The van der Waals surface area contributed by atoms with Crippen LogP contribution in [0.15, 0.2) is 59.8 Å². The maximum absolute atomic E-state index is 11.9. The van der Waals surface area contributed by atoms with Crippen molar-refractivity contribution in [2.45, 2.75) is 11.4 Å². The van der Waals surface area contributed by atoms with E-state index < -0.39 is 0 Å². The fourth-order valence-electron chi connectivity index (χ4n) is 1.44. The van der Waals surface area contributed by atoms with Gasteiger partial charge in [-0.05, 0) is 0 Å². The lowest BCUT2D eigenvalue weighted by Gasteiger charge is -1.97. The lowest BCUT2D eigenvalue weighted by molar-refractivity contribution is -0.683. The summed E-state index contributed by atoms with van der Waals surface area (Å²) < 4.78 is 1.84. The van der Waals surface area contributed by atoms with Crippen LogP contribution in [0, 0.1) is 0 Å². The summed E-state index contributed by atoms with van der Waals surface area (Å²) in [5.74, 6) is 0.109. The van der Waals surface area contributed by atoms with Crippen LogP contribution >= 0.6 is 12.6 Å². The summed E-state index contributed by atoms with van der Waals surface area (Å²) in [7, 11) is 0. The first-order valence-corrected chi connectivity index (χ1v) is 5.47. The van der Waals surface area contributed by atoms with Gasteiger partial charge in [0.1, 0.15) is 0 Å². The number of carbonyl (C=O) groups is 1. The van der Waals surface area contributed by atoms with Gasteiger partial charge in [0.15, 0.2) is 12.4 Å². The average molecular weight is 230 g/mol. The van der Waals surface area contributed by atoms with Gasteiger partial charge < -0.3 is 0 Å². The second kappa shape index (κ2) is 4.94. The highest BCUT2D eigenvalue weighted by atomic mass is 32.1. The summed E-state index contributed by atoms with van der Waals surface area (Å²) in [4.78, 5) is 12.8. The number of carbonyl (C=O) groups excluding carboxylic acids is 1. The van der Waals surface area contributed by atoms with E-state index in [2.05, 4.69) is 12.6 Å². The molecule has 0 aliphatic heterocycles. The van der Waals surface area contributed by atoms with Crippen LogP contribution in [-0.2, 0) is 6.54 Å². The van der Waals surface area contributed by atoms with Crippen molar-refractivity contribution in [3.8, 4) is 0 Å². The molecule has 80 valence electrons. The summed E-state index contributed by atoms with van der Waals surface area (Å²) in [5.41, 5.74) is 0.741. The van der Waals surface area contributed by atoms with E-state index in [0.29, 0.717) is 6.54 Å². The number of ketones is 1. The molecule has 2 rings (SSSR count). The SMILES string of the molecule is O=C(C[n+]1ccc(S)cc1)c1ccccc1. The molecule has 2 nitrogen and oxygen atoms in total. The second-order valence-electron chi connectivity index (χ2n) is 3.52. The Morgan fingerprint density at radius 3 is 2.31 bits per heavy atom. The fourth-order valence-corrected chi connectivity index (χ4v) is 1.57. The average Bonchev–Trinajstić information content (AvgIpc) is 2.33. The van der Waals surface area contributed by atoms with Gasteiger partial charge in [-0.2, -0.15) is 4.57 Å². The molecule has 1 heterocycles. The topological polar surface area (TPSA) is 20.9 Å². The van der Waals surface area contributed by atoms with E-state index >= 15 is 0 Å². The largest absolute Gasteiger partial charge is 0.287 e. The monoisotopic (exact) mass is 230 g/mol. The number of hydrogen-bond acceptors (Lipinski definition) is 2. The van der Waals surface area contributed by atoms with Gasteiger partial charge in [-0.15, -0.1) is 12.6 Å². The number of thiol groups is 1. The minimum absolute atomic E-state index is 0.109. The summed E-state index contributed by atoms with van der Waals surface area (Å²) >= 11 is 4.19. The third-order valence-electron chi connectivity index (χ3n) is 2.30. The van der Waals surface area contributed by atoms with E-state index in [1.807, 2.05) is 59.4 Å². The highest BCUT2D eigenvalue weighted by molar-refractivity contribution is 7.80. The van der Waals surface area contributed by atoms with Crippen molar-refractivity contribution >= 4 is 18.4 Å². The molecule has 0 bridgehead atoms. The minimum Gasteiger partial charge on any atom is -0.287 e. The Morgan fingerprint density at radius 2 is 1.69 bits per heavy atom. The molecular formula is C13H12NOS+. The standard InChI is InChI=1S/C13H11NOS/c15-13(11-4-2-1-3-5-11)10-14-8-6-12(16)7-9-14/h1-9H,10H2/p+1. The molecule has 0 atom stereocenters. The third-order valence-corrected chi connectivity index (χ3v) is 2.59. The maximum atomic E-state index is 11.9. The van der Waals surface area contributed by atoms with Crippen molar-refractivity contribution in [2.75, 3.05) is 0 Å². The van der Waals surface area contributed by atoms with Crippen LogP contribution in [0.4, 0.5) is 0 Å². The normalized spacial score (nSPS) is 10.1. The lowest BCUT2D eigenvalue weighted by Crippen LogP contribution is -2.36. The Labute approximate surface area is 100.0 Å². The molecule has 0 aliphatic rings. The van der Waals surface area contributed by atoms with Crippen molar-refractivity contribution in [1.82, 2.24) is 0 Å². The number of rotatable bonds is 3. The zero-order valence-corrected chi connectivity index (χ0v) is 9.60. The van der Waals surface area contributed by atoms with Gasteiger partial charge in [0.25, 0.3) is 0 Å². The Bertz CT molecular complexity index is 479. The molecule has 0 fully saturated rings. The molecule has 0 N–H and O–H groups in total. The van der Waals surface area contributed by atoms with Crippen LogP contribution in [0.3, 0.4) is 0 Å². The molecule has 0 saturated heterocycles. The molecule has 16 heavy (non-hydrogen) atoms. The number of benzene rings is 1. The first-order valence-electron chi connectivity index (χ1n) is 5.02. The Morgan fingerprint density at radius 1 is 1.06 bits per heavy atom. The van der Waals surface area contributed by atoms with Crippen LogP contribution in [0.1, 0.15) is 10.4 Å². The summed E-state index contributed by atoms with van der Waals surface area (Å²) in [6.07, 6.45) is 3.70. The molecule has 0 spiro atoms. The highest BCUT2D eigenvalue weighted by Crippen LogP contribution is 2.01. The molecule has 0 unspecified atom stereocenters. The van der Waals surface area contributed by atoms with Crippen molar-refractivity contribution in [2.24, 2.45) is 0 Å². The van der Waals surface area contributed by atoms with Gasteiger partial charge in [0.2, 0.25) is 12.3 Å². The van der Waals surface area contributed by atoms with Crippen molar-refractivity contribution in [3.63, 3.8) is 0 Å². The molecule has 0 aliphatic carbocycles. The minimum atomic E-state index is 0.109. The Hall–Kier alpha value is -1.61. The highest BCUT2D eigenvalue weighted by Gasteiger charge is 2.10. The predicted molar refractivity (Wildman–Crippen MR) is 64.7 cm³/mol. The molecule has 1 aromatic carbocycles. The van der Waals surface area contributed by atoms with Crippen LogP contribution < -0.4 is 4.57 Å². The Balaban J connectivity index is 2.11. The summed E-state index contributed by atoms with van der Waals surface area (Å²) in [5, 5.41) is 0. The van der Waals surface area contributed by atoms with E-state index in [9.17, 15) is 4.79 Å². The first-order chi connectivity index (χ1) is 7.75. The van der Waals surface area contributed by atoms with Crippen LogP contribution in [0.25, 0.3) is 0 Å². The van der Waals surface area contributed by atoms with Crippen LogP contribution in [0.5, 0.6) is 0 Å². The van der Waals surface area contributed by atoms with Gasteiger partial charge in [-0.1, -0.05) is 30.3 Å². The zero-order chi connectivity index (χ0) is 11.4. The van der Waals surface area contributed by atoms with E-state index in [1.165, 1.54) is 0 Å². The number of aromatic nitrogens is 1. The molecular weight excluding hydrogens is 218 g/mol. The first kappa shape index (κ1) is 10.9. The summed E-state index contributed by atoms with van der Waals surface area (Å²) in [6, 6.07) is 13.0. The molecule has 0 saturated carbocycles. The van der Waals surface area contributed by atoms with Crippen LogP contribution in [0.2, 0.25) is 0 Å². The number of nitrogens with zero attached hydrogens (tertiary/aromatic N) is 1. The molecule has 1 aromatic heterocycles. The van der Waals surface area contributed by atoms with E-state index in [1.54, 1.807) is 0 Å². The van der Waals surface area contributed by atoms with Gasteiger partial charge >= 0.3 is 0 Å². The van der Waals surface area contributed by atoms with E-state index in [4.69, 9.17) is 0 Å². The zero-order valence-electron chi connectivity index (χ0n) is 8.71. The third kappa shape index (κ3) is 2.70.